The molecule has 0 unspecified atom stereocenters. The third-order valence-electron chi connectivity index (χ3n) is 7.92. The molecule has 1 saturated heterocycles. The van der Waals surface area contributed by atoms with E-state index < -0.39 is 16.0 Å². The van der Waals surface area contributed by atoms with Gasteiger partial charge in [0.2, 0.25) is 5.91 Å². The number of nitrogens with one attached hydrogen (secondary N) is 2. The Morgan fingerprint density at radius 1 is 0.872 bits per heavy atom. The average Bonchev–Trinajstić information content (AvgIpc) is 3.07. The predicted molar refractivity (Wildman–Crippen MR) is 188 cm³/mol. The highest BCUT2D eigenvalue weighted by Crippen LogP contribution is 2.43. The summed E-state index contributed by atoms with van der Waals surface area (Å²) in [7, 11) is 0. The van der Waals surface area contributed by atoms with Crippen LogP contribution in [0.5, 0.6) is 0 Å². The van der Waals surface area contributed by atoms with Gasteiger partial charge in [0.1, 0.15) is 0 Å². The zero-order valence-corrected chi connectivity index (χ0v) is 28.9. The average molecular weight is 714 g/mol. The maximum Gasteiger partial charge on any atom is 0.272 e. The summed E-state index contributed by atoms with van der Waals surface area (Å²) in [6.45, 7) is 3.79. The van der Waals surface area contributed by atoms with E-state index >= 15 is 0 Å². The molecule has 4 aromatic rings. The van der Waals surface area contributed by atoms with Crippen molar-refractivity contribution in [3.05, 3.63) is 119 Å². The van der Waals surface area contributed by atoms with Crippen molar-refractivity contribution in [3.8, 4) is 11.1 Å². The SMILES string of the molecule is CC(=O)Nc1ccc(SC[C@H]2O[C@@H](c3ccc(-c4ccccc4CNC(=O)C(Cl)(Cl)Cl)cc3)O[C@@H](c3ccc(CO)cc3)[C@H]2C)cc1. The summed E-state index contributed by atoms with van der Waals surface area (Å²) < 4.78 is 11.2. The molecular formula is C36H35Cl3N2O5S. The molecule has 7 nitrogen and oxygen atoms in total. The van der Waals surface area contributed by atoms with Crippen molar-refractivity contribution >= 4 is 64.1 Å². The fraction of sp³-hybridized carbons (Fsp3) is 0.278. The van der Waals surface area contributed by atoms with Crippen LogP contribution in [-0.4, -0.2) is 32.6 Å². The third-order valence-corrected chi connectivity index (χ3v) is 9.54. The second-order valence-electron chi connectivity index (χ2n) is 11.3. The molecule has 1 fully saturated rings. The van der Waals surface area contributed by atoms with E-state index in [-0.39, 0.29) is 37.2 Å². The quantitative estimate of drug-likeness (QED) is 0.113. The van der Waals surface area contributed by atoms with Crippen molar-refractivity contribution in [2.75, 3.05) is 11.1 Å². The molecule has 1 aliphatic heterocycles. The Kier molecular flexibility index (Phi) is 11.9. The highest BCUT2D eigenvalue weighted by atomic mass is 35.6. The van der Waals surface area contributed by atoms with Gasteiger partial charge >= 0.3 is 0 Å². The number of alkyl halides is 3. The van der Waals surface area contributed by atoms with E-state index in [4.69, 9.17) is 44.3 Å². The Morgan fingerprint density at radius 2 is 1.53 bits per heavy atom. The van der Waals surface area contributed by atoms with Crippen LogP contribution >= 0.6 is 46.6 Å². The molecule has 0 spiro atoms. The number of amides is 2. The number of carbonyl (C=O) groups excluding carboxylic acids is 2. The summed E-state index contributed by atoms with van der Waals surface area (Å²) in [5.74, 6) is -0.0752. The minimum absolute atomic E-state index is 0.0260. The van der Waals surface area contributed by atoms with Gasteiger partial charge in [0.05, 0.1) is 18.8 Å². The van der Waals surface area contributed by atoms with Gasteiger partial charge < -0.3 is 25.2 Å². The van der Waals surface area contributed by atoms with Crippen LogP contribution in [0.2, 0.25) is 0 Å². The molecule has 0 radical (unpaired) electrons. The molecular weight excluding hydrogens is 679 g/mol. The first-order valence-electron chi connectivity index (χ1n) is 15.1. The zero-order chi connectivity index (χ0) is 33.6. The number of benzene rings is 4. The fourth-order valence-corrected chi connectivity index (χ4v) is 6.65. The van der Waals surface area contributed by atoms with Gasteiger partial charge in [-0.2, -0.15) is 0 Å². The van der Waals surface area contributed by atoms with Crippen LogP contribution in [0, 0.1) is 5.92 Å². The number of ether oxygens (including phenoxy) is 2. The normalized spacial score (nSPS) is 19.6. The summed E-state index contributed by atoms with van der Waals surface area (Å²) in [5.41, 5.74) is 6.22. The van der Waals surface area contributed by atoms with E-state index in [0.29, 0.717) is 5.75 Å². The van der Waals surface area contributed by atoms with Crippen LogP contribution in [-0.2, 0) is 32.2 Å². The fourth-order valence-electron chi connectivity index (χ4n) is 5.38. The standard InChI is InChI=1S/C36H35Cl3N2O5S/c1-22-32(21-47-30-17-15-29(16-18-30)41-23(2)43)45-34(46-33(22)26-9-7-24(20-42)8-10-26)27-13-11-25(12-14-27)31-6-4-3-5-28(31)19-40-35(44)36(37,38)39/h3-18,22,32-34,42H,19-21H2,1-2H3,(H,40,44)(H,41,43)/t22-,32+,33+,34+/m0/s1. The van der Waals surface area contributed by atoms with Crippen LogP contribution < -0.4 is 10.6 Å². The lowest BCUT2D eigenvalue weighted by Crippen LogP contribution is -2.38. The number of aliphatic hydroxyl groups excluding tert-OH is 1. The van der Waals surface area contributed by atoms with Crippen molar-refractivity contribution in [2.24, 2.45) is 5.92 Å². The Hall–Kier alpha value is -3.08. The number of carbonyl (C=O) groups is 2. The molecule has 0 saturated carbocycles. The number of anilines is 1. The molecule has 4 aromatic carbocycles. The van der Waals surface area contributed by atoms with Gasteiger partial charge in [-0.05, 0) is 52.1 Å². The first-order chi connectivity index (χ1) is 22.5. The van der Waals surface area contributed by atoms with Crippen LogP contribution in [0.3, 0.4) is 0 Å². The number of rotatable bonds is 10. The van der Waals surface area contributed by atoms with Gasteiger partial charge in [0, 0.05) is 41.3 Å². The largest absolute Gasteiger partial charge is 0.392 e. The second kappa shape index (κ2) is 15.9. The Balaban J connectivity index is 1.35. The Morgan fingerprint density at radius 3 is 2.17 bits per heavy atom. The van der Waals surface area contributed by atoms with Gasteiger partial charge in [-0.25, -0.2) is 0 Å². The van der Waals surface area contributed by atoms with Crippen molar-refractivity contribution < 1.29 is 24.2 Å². The molecule has 5 rings (SSSR count). The molecule has 1 aliphatic rings. The maximum absolute atomic E-state index is 12.1. The zero-order valence-electron chi connectivity index (χ0n) is 25.8. The molecule has 4 atom stereocenters. The van der Waals surface area contributed by atoms with E-state index in [0.717, 1.165) is 44.0 Å². The van der Waals surface area contributed by atoms with Gasteiger partial charge in [0.25, 0.3) is 9.70 Å². The van der Waals surface area contributed by atoms with Crippen LogP contribution in [0.1, 0.15) is 48.5 Å². The smallest absolute Gasteiger partial charge is 0.272 e. The van der Waals surface area contributed by atoms with Gasteiger partial charge in [-0.3, -0.25) is 9.59 Å². The summed E-state index contributed by atoms with van der Waals surface area (Å²) in [5, 5.41) is 15.0. The van der Waals surface area contributed by atoms with Crippen LogP contribution in [0.4, 0.5) is 5.69 Å². The minimum Gasteiger partial charge on any atom is -0.392 e. The number of thioether (sulfide) groups is 1. The number of halogens is 3. The predicted octanol–water partition coefficient (Wildman–Crippen LogP) is 8.37. The molecule has 3 N–H and O–H groups in total. The van der Waals surface area contributed by atoms with Crippen LogP contribution in [0.15, 0.2) is 102 Å². The lowest BCUT2D eigenvalue weighted by molar-refractivity contribution is -0.268. The van der Waals surface area contributed by atoms with E-state index in [1.807, 2.05) is 97.1 Å². The molecule has 1 heterocycles. The molecule has 0 bridgehead atoms. The monoisotopic (exact) mass is 712 g/mol. The van der Waals surface area contributed by atoms with E-state index in [2.05, 4.69) is 17.6 Å². The number of hydrogen-bond donors (Lipinski definition) is 3. The molecule has 47 heavy (non-hydrogen) atoms. The Labute approximate surface area is 293 Å². The summed E-state index contributed by atoms with van der Waals surface area (Å²) in [6, 6.07) is 31.3. The summed E-state index contributed by atoms with van der Waals surface area (Å²) in [6.07, 6.45) is -0.997. The molecule has 0 aliphatic carbocycles. The van der Waals surface area contributed by atoms with Gasteiger partial charge in [0.15, 0.2) is 6.29 Å². The van der Waals surface area contributed by atoms with Gasteiger partial charge in [-0.15, -0.1) is 11.8 Å². The minimum atomic E-state index is -2.04. The summed E-state index contributed by atoms with van der Waals surface area (Å²) in [4.78, 5) is 24.6. The van der Waals surface area contributed by atoms with E-state index in [9.17, 15) is 14.7 Å². The highest BCUT2D eigenvalue weighted by Gasteiger charge is 2.38. The molecule has 2 amide bonds. The van der Waals surface area contributed by atoms with Gasteiger partial charge in [-0.1, -0.05) is 115 Å². The molecule has 11 heteroatoms. The first-order valence-corrected chi connectivity index (χ1v) is 17.2. The molecule has 246 valence electrons. The molecule has 0 aromatic heterocycles. The summed E-state index contributed by atoms with van der Waals surface area (Å²) >= 11 is 18.9. The first kappa shape index (κ1) is 35.2. The van der Waals surface area contributed by atoms with Crippen molar-refractivity contribution in [1.29, 1.82) is 0 Å². The number of hydrogen-bond acceptors (Lipinski definition) is 6. The lowest BCUT2D eigenvalue weighted by atomic mass is 9.91. The van der Waals surface area contributed by atoms with Crippen molar-refractivity contribution in [1.82, 2.24) is 5.32 Å². The number of aliphatic hydroxyl groups is 1. The van der Waals surface area contributed by atoms with Crippen molar-refractivity contribution in [2.45, 2.75) is 54.2 Å². The van der Waals surface area contributed by atoms with E-state index in [1.54, 1.807) is 11.8 Å². The van der Waals surface area contributed by atoms with Crippen LogP contribution in [0.25, 0.3) is 11.1 Å². The van der Waals surface area contributed by atoms with E-state index in [1.165, 1.54) is 6.92 Å². The lowest BCUT2D eigenvalue weighted by Gasteiger charge is -2.41. The third kappa shape index (κ3) is 9.30. The van der Waals surface area contributed by atoms with Crippen molar-refractivity contribution in [3.63, 3.8) is 0 Å². The highest BCUT2D eigenvalue weighted by molar-refractivity contribution is 7.99. The Bertz CT molecular complexity index is 1660. The maximum atomic E-state index is 12.1. The second-order valence-corrected chi connectivity index (χ2v) is 14.7. The topological polar surface area (TPSA) is 96.9 Å².